The van der Waals surface area contributed by atoms with E-state index in [4.69, 9.17) is 9.47 Å². The van der Waals surface area contributed by atoms with Gasteiger partial charge in [0.25, 0.3) is 0 Å². The van der Waals surface area contributed by atoms with Crippen molar-refractivity contribution in [2.45, 2.75) is 33.3 Å². The zero-order valence-electron chi connectivity index (χ0n) is 14.8. The van der Waals surface area contributed by atoms with Crippen LogP contribution in [0.3, 0.4) is 0 Å². The van der Waals surface area contributed by atoms with E-state index in [1.165, 1.54) is 0 Å². The number of nitrogens with zero attached hydrogens (tertiary/aromatic N) is 3. The van der Waals surface area contributed by atoms with Crippen LogP contribution in [-0.2, 0) is 4.74 Å². The molecule has 1 fully saturated rings. The third kappa shape index (κ3) is 5.94. The molecule has 1 aromatic rings. The summed E-state index contributed by atoms with van der Waals surface area (Å²) in [6.45, 7) is 12.1. The second-order valence-electron chi connectivity index (χ2n) is 6.93. The largest absolute Gasteiger partial charge is 0.476 e. The van der Waals surface area contributed by atoms with Crippen LogP contribution in [0.5, 0.6) is 5.88 Å². The minimum absolute atomic E-state index is 0.229. The molecule has 7 heteroatoms. The zero-order valence-corrected chi connectivity index (χ0v) is 16.4. The van der Waals surface area contributed by atoms with Gasteiger partial charge in [-0.1, -0.05) is 0 Å². The summed E-state index contributed by atoms with van der Waals surface area (Å²) in [5.74, 6) is 0.642. The number of rotatable bonds is 4. The summed E-state index contributed by atoms with van der Waals surface area (Å²) >= 11 is 3.43. The summed E-state index contributed by atoms with van der Waals surface area (Å²) in [7, 11) is 0. The molecule has 0 N–H and O–H groups in total. The van der Waals surface area contributed by atoms with E-state index in [0.717, 1.165) is 29.7 Å². The number of ether oxygens (including phenoxy) is 2. The average molecular weight is 400 g/mol. The number of pyridine rings is 1. The van der Waals surface area contributed by atoms with Gasteiger partial charge < -0.3 is 14.4 Å². The maximum absolute atomic E-state index is 12.0. The Hall–Kier alpha value is -1.34. The van der Waals surface area contributed by atoms with Gasteiger partial charge in [-0.2, -0.15) is 0 Å². The Morgan fingerprint density at radius 1 is 1.29 bits per heavy atom. The van der Waals surface area contributed by atoms with Crippen molar-refractivity contribution in [3.63, 3.8) is 0 Å². The molecule has 0 atom stereocenters. The number of amides is 1. The second kappa shape index (κ2) is 8.16. The minimum atomic E-state index is -0.447. The summed E-state index contributed by atoms with van der Waals surface area (Å²) in [6.07, 6.45) is 1.53. The fourth-order valence-electron chi connectivity index (χ4n) is 2.35. The van der Waals surface area contributed by atoms with Gasteiger partial charge in [-0.25, -0.2) is 9.78 Å². The highest BCUT2D eigenvalue weighted by Gasteiger charge is 2.25. The van der Waals surface area contributed by atoms with E-state index in [1.807, 2.05) is 33.8 Å². The predicted octanol–water partition coefficient (Wildman–Crippen LogP) is 3.08. The lowest BCUT2D eigenvalue weighted by atomic mass is 10.2. The Kier molecular flexibility index (Phi) is 6.46. The molecule has 1 saturated heterocycles. The lowest BCUT2D eigenvalue weighted by Gasteiger charge is -2.35. The van der Waals surface area contributed by atoms with E-state index in [1.54, 1.807) is 11.1 Å². The standard InChI is InChI=1S/C17H26BrN3O3/c1-13-11-15(19-12-14(13)18)23-10-9-20-5-7-21(8-6-20)16(22)24-17(2,3)4/h11-12H,5-10H2,1-4H3. The molecule has 1 amide bonds. The number of aromatic nitrogens is 1. The number of hydrogen-bond donors (Lipinski definition) is 0. The highest BCUT2D eigenvalue weighted by Crippen LogP contribution is 2.18. The van der Waals surface area contributed by atoms with Crippen LogP contribution < -0.4 is 4.74 Å². The summed E-state index contributed by atoms with van der Waals surface area (Å²) in [6, 6.07) is 1.92. The minimum Gasteiger partial charge on any atom is -0.476 e. The predicted molar refractivity (Wildman–Crippen MR) is 96.4 cm³/mol. The highest BCUT2D eigenvalue weighted by molar-refractivity contribution is 9.10. The third-order valence-corrected chi connectivity index (χ3v) is 4.53. The van der Waals surface area contributed by atoms with Crippen LogP contribution in [0.2, 0.25) is 0 Å². The van der Waals surface area contributed by atoms with Gasteiger partial charge in [0.1, 0.15) is 12.2 Å². The molecule has 1 aliphatic rings. The van der Waals surface area contributed by atoms with Crippen LogP contribution in [0.25, 0.3) is 0 Å². The molecule has 24 heavy (non-hydrogen) atoms. The Morgan fingerprint density at radius 3 is 2.54 bits per heavy atom. The quantitative estimate of drug-likeness (QED) is 0.778. The van der Waals surface area contributed by atoms with Crippen LogP contribution in [0.1, 0.15) is 26.3 Å². The first kappa shape index (κ1) is 19.0. The van der Waals surface area contributed by atoms with Gasteiger partial charge in [0.15, 0.2) is 0 Å². The van der Waals surface area contributed by atoms with Crippen molar-refractivity contribution in [3.8, 4) is 5.88 Å². The molecule has 0 unspecified atom stereocenters. The van der Waals surface area contributed by atoms with Crippen LogP contribution in [0.15, 0.2) is 16.7 Å². The lowest BCUT2D eigenvalue weighted by Crippen LogP contribution is -2.50. The molecule has 1 aliphatic heterocycles. The summed E-state index contributed by atoms with van der Waals surface area (Å²) < 4.78 is 12.1. The number of halogens is 1. The molecule has 0 bridgehead atoms. The second-order valence-corrected chi connectivity index (χ2v) is 7.78. The smallest absolute Gasteiger partial charge is 0.410 e. The van der Waals surface area contributed by atoms with Gasteiger partial charge in [-0.3, -0.25) is 4.90 Å². The van der Waals surface area contributed by atoms with Crippen molar-refractivity contribution in [1.29, 1.82) is 0 Å². The van der Waals surface area contributed by atoms with Gasteiger partial charge in [-0.05, 0) is 49.2 Å². The molecular formula is C17H26BrN3O3. The third-order valence-electron chi connectivity index (χ3n) is 3.70. The van der Waals surface area contributed by atoms with Crippen LogP contribution in [0, 0.1) is 6.92 Å². The van der Waals surface area contributed by atoms with Gasteiger partial charge in [0, 0.05) is 49.5 Å². The van der Waals surface area contributed by atoms with E-state index in [0.29, 0.717) is 25.6 Å². The van der Waals surface area contributed by atoms with E-state index in [2.05, 4.69) is 25.8 Å². The average Bonchev–Trinajstić information content (AvgIpc) is 2.50. The Labute approximate surface area is 152 Å². The molecule has 0 radical (unpaired) electrons. The first-order valence-corrected chi connectivity index (χ1v) is 8.99. The van der Waals surface area contributed by atoms with Crippen LogP contribution >= 0.6 is 15.9 Å². The van der Waals surface area contributed by atoms with Crippen molar-refractivity contribution < 1.29 is 14.3 Å². The number of hydrogen-bond acceptors (Lipinski definition) is 5. The number of piperazine rings is 1. The molecule has 2 heterocycles. The zero-order chi connectivity index (χ0) is 17.7. The van der Waals surface area contributed by atoms with E-state index >= 15 is 0 Å². The maximum atomic E-state index is 12.0. The van der Waals surface area contributed by atoms with Gasteiger partial charge in [0.05, 0.1) is 0 Å². The normalized spacial score (nSPS) is 16.1. The molecule has 0 aromatic carbocycles. The van der Waals surface area contributed by atoms with Crippen molar-refractivity contribution in [3.05, 3.63) is 22.3 Å². The Morgan fingerprint density at radius 2 is 1.96 bits per heavy atom. The Bertz CT molecular complexity index is 567. The van der Waals surface area contributed by atoms with Crippen LogP contribution in [-0.4, -0.2) is 65.8 Å². The SMILES string of the molecule is Cc1cc(OCCN2CCN(C(=O)OC(C)(C)C)CC2)ncc1Br. The van der Waals surface area contributed by atoms with Gasteiger partial charge in [0.2, 0.25) is 5.88 Å². The number of carbonyl (C=O) groups excluding carboxylic acids is 1. The molecular weight excluding hydrogens is 374 g/mol. The molecule has 0 saturated carbocycles. The van der Waals surface area contributed by atoms with Gasteiger partial charge >= 0.3 is 6.09 Å². The monoisotopic (exact) mass is 399 g/mol. The number of carbonyl (C=O) groups is 1. The van der Waals surface area contributed by atoms with E-state index in [-0.39, 0.29) is 6.09 Å². The molecule has 6 nitrogen and oxygen atoms in total. The maximum Gasteiger partial charge on any atom is 0.410 e. The Balaban J connectivity index is 1.69. The molecule has 0 aliphatic carbocycles. The van der Waals surface area contributed by atoms with Crippen molar-refractivity contribution in [1.82, 2.24) is 14.8 Å². The fraction of sp³-hybridized carbons (Fsp3) is 0.647. The van der Waals surface area contributed by atoms with Crippen LogP contribution in [0.4, 0.5) is 4.79 Å². The summed E-state index contributed by atoms with van der Waals surface area (Å²) in [5.41, 5.74) is 0.656. The van der Waals surface area contributed by atoms with Crippen molar-refractivity contribution >= 4 is 22.0 Å². The molecule has 134 valence electrons. The first-order valence-electron chi connectivity index (χ1n) is 8.20. The van der Waals surface area contributed by atoms with E-state index in [9.17, 15) is 4.79 Å². The first-order chi connectivity index (χ1) is 11.2. The van der Waals surface area contributed by atoms with Gasteiger partial charge in [-0.15, -0.1) is 0 Å². The molecule has 2 rings (SSSR count). The van der Waals surface area contributed by atoms with Crippen molar-refractivity contribution in [2.75, 3.05) is 39.3 Å². The topological polar surface area (TPSA) is 54.9 Å². The summed E-state index contributed by atoms with van der Waals surface area (Å²) in [5, 5.41) is 0. The van der Waals surface area contributed by atoms with E-state index < -0.39 is 5.60 Å². The number of aryl methyl sites for hydroxylation is 1. The molecule has 1 aromatic heterocycles. The fourth-order valence-corrected chi connectivity index (χ4v) is 2.57. The highest BCUT2D eigenvalue weighted by atomic mass is 79.9. The molecule has 0 spiro atoms. The summed E-state index contributed by atoms with van der Waals surface area (Å²) in [4.78, 5) is 20.3. The lowest BCUT2D eigenvalue weighted by molar-refractivity contribution is 0.0136. The van der Waals surface area contributed by atoms with Crippen molar-refractivity contribution in [2.24, 2.45) is 0 Å².